The van der Waals surface area contributed by atoms with Crippen molar-refractivity contribution in [1.29, 1.82) is 0 Å². The summed E-state index contributed by atoms with van der Waals surface area (Å²) < 4.78 is 3.65. The smallest absolute Gasteiger partial charge is 0.275 e. The molecule has 5 rings (SSSR count). The summed E-state index contributed by atoms with van der Waals surface area (Å²) in [6.07, 6.45) is 7.00. The molecule has 0 spiro atoms. The number of halogens is 1. The van der Waals surface area contributed by atoms with E-state index < -0.39 is 11.8 Å². The van der Waals surface area contributed by atoms with Crippen LogP contribution in [0.1, 0.15) is 5.56 Å². The van der Waals surface area contributed by atoms with Crippen LogP contribution in [0.25, 0.3) is 33.1 Å². The molecule has 0 saturated carbocycles. The number of pyridine rings is 1. The van der Waals surface area contributed by atoms with Crippen molar-refractivity contribution in [1.82, 2.24) is 19.4 Å². The van der Waals surface area contributed by atoms with Crippen molar-refractivity contribution < 1.29 is 9.59 Å². The lowest BCUT2D eigenvalue weighted by Crippen LogP contribution is -2.23. The zero-order valence-electron chi connectivity index (χ0n) is 14.2. The van der Waals surface area contributed by atoms with Crippen LogP contribution < -0.4 is 5.32 Å². The number of hydrogen-bond acceptors (Lipinski definition) is 3. The van der Waals surface area contributed by atoms with Crippen molar-refractivity contribution in [3.63, 3.8) is 0 Å². The Kier molecular flexibility index (Phi) is 3.26. The average Bonchev–Trinajstić information content (AvgIpc) is 3.28. The van der Waals surface area contributed by atoms with Gasteiger partial charge in [0.05, 0.1) is 11.1 Å². The highest BCUT2D eigenvalue weighted by atomic mass is 35.5. The van der Waals surface area contributed by atoms with Gasteiger partial charge in [-0.25, -0.2) is 0 Å². The van der Waals surface area contributed by atoms with Crippen LogP contribution >= 0.6 is 11.6 Å². The fraction of sp³-hybridized carbons (Fsp3) is 0.0500. The van der Waals surface area contributed by atoms with Gasteiger partial charge < -0.3 is 9.13 Å². The summed E-state index contributed by atoms with van der Waals surface area (Å²) in [5.41, 5.74) is 3.04. The third-order valence-corrected chi connectivity index (χ3v) is 5.09. The number of rotatable bonds is 2. The van der Waals surface area contributed by atoms with Crippen molar-refractivity contribution in [2.45, 2.75) is 0 Å². The van der Waals surface area contributed by atoms with E-state index in [0.717, 1.165) is 21.8 Å². The van der Waals surface area contributed by atoms with Gasteiger partial charge in [0.15, 0.2) is 0 Å². The van der Waals surface area contributed by atoms with Gasteiger partial charge in [-0.15, -0.1) is 0 Å². The molecule has 132 valence electrons. The van der Waals surface area contributed by atoms with Gasteiger partial charge in [-0.3, -0.25) is 19.9 Å². The first kappa shape index (κ1) is 15.8. The zero-order chi connectivity index (χ0) is 18.7. The molecule has 0 unspecified atom stereocenters. The summed E-state index contributed by atoms with van der Waals surface area (Å²) in [5, 5.41) is 4.70. The van der Waals surface area contributed by atoms with E-state index in [-0.39, 0.29) is 0 Å². The molecule has 4 heterocycles. The number of nitrogens with one attached hydrogen (secondary N) is 1. The summed E-state index contributed by atoms with van der Waals surface area (Å²) in [4.78, 5) is 29.5. The third-order valence-electron chi connectivity index (χ3n) is 4.86. The fourth-order valence-corrected chi connectivity index (χ4v) is 3.84. The van der Waals surface area contributed by atoms with E-state index in [1.54, 1.807) is 29.2 Å². The molecule has 0 fully saturated rings. The van der Waals surface area contributed by atoms with E-state index >= 15 is 0 Å². The first-order chi connectivity index (χ1) is 13.0. The van der Waals surface area contributed by atoms with Gasteiger partial charge in [-0.2, -0.15) is 0 Å². The molecule has 7 heteroatoms. The second-order valence-electron chi connectivity index (χ2n) is 6.44. The fourth-order valence-electron chi connectivity index (χ4n) is 3.67. The summed E-state index contributed by atoms with van der Waals surface area (Å²) in [6, 6.07) is 9.19. The maximum atomic E-state index is 12.7. The van der Waals surface area contributed by atoms with Crippen LogP contribution in [-0.2, 0) is 16.6 Å². The number of aryl methyl sites for hydroxylation is 1. The number of carbonyl (C=O) groups excluding carboxylic acids is 2. The van der Waals surface area contributed by atoms with Crippen LogP contribution in [-0.4, -0.2) is 25.9 Å². The summed E-state index contributed by atoms with van der Waals surface area (Å²) >= 11 is 6.18. The molecule has 0 aliphatic carbocycles. The van der Waals surface area contributed by atoms with Gasteiger partial charge in [-0.1, -0.05) is 11.6 Å². The predicted octanol–water partition coefficient (Wildman–Crippen LogP) is 3.21. The van der Waals surface area contributed by atoms with E-state index in [4.69, 9.17) is 11.6 Å². The predicted molar refractivity (Wildman–Crippen MR) is 104 cm³/mol. The first-order valence-electron chi connectivity index (χ1n) is 8.31. The van der Waals surface area contributed by atoms with Crippen LogP contribution in [0.4, 0.5) is 0 Å². The molecule has 3 aromatic heterocycles. The third kappa shape index (κ3) is 2.23. The first-order valence-corrected chi connectivity index (χ1v) is 8.69. The van der Waals surface area contributed by atoms with E-state index in [1.807, 2.05) is 42.1 Å². The summed E-state index contributed by atoms with van der Waals surface area (Å²) in [6.45, 7) is 0. The van der Waals surface area contributed by atoms with Crippen LogP contribution in [0.3, 0.4) is 0 Å². The number of hydrogen-bond donors (Lipinski definition) is 1. The highest BCUT2D eigenvalue weighted by Gasteiger charge is 2.34. The number of fused-ring (bicyclic) bond motifs is 2. The Labute approximate surface area is 158 Å². The van der Waals surface area contributed by atoms with Crippen molar-refractivity contribution >= 4 is 56.5 Å². The van der Waals surface area contributed by atoms with E-state index in [2.05, 4.69) is 10.3 Å². The molecule has 0 atom stereocenters. The molecule has 2 amide bonds. The topological polar surface area (TPSA) is 68.9 Å². The van der Waals surface area contributed by atoms with Crippen molar-refractivity contribution in [3.05, 3.63) is 65.7 Å². The van der Waals surface area contributed by atoms with Crippen LogP contribution in [0, 0.1) is 0 Å². The zero-order valence-corrected chi connectivity index (χ0v) is 15.0. The molecule has 4 aromatic rings. The molecular formula is C20H13ClN4O2. The molecule has 0 saturated heterocycles. The van der Waals surface area contributed by atoms with Gasteiger partial charge in [0.25, 0.3) is 11.8 Å². The largest absolute Gasteiger partial charge is 0.350 e. The average molecular weight is 377 g/mol. The van der Waals surface area contributed by atoms with Crippen LogP contribution in [0.5, 0.6) is 0 Å². The Morgan fingerprint density at radius 3 is 2.78 bits per heavy atom. The Morgan fingerprint density at radius 1 is 1.07 bits per heavy atom. The highest BCUT2D eigenvalue weighted by Crippen LogP contribution is 2.35. The number of benzene rings is 1. The molecule has 0 bridgehead atoms. The monoisotopic (exact) mass is 376 g/mol. The van der Waals surface area contributed by atoms with Crippen molar-refractivity contribution in [3.8, 4) is 0 Å². The van der Waals surface area contributed by atoms with Gasteiger partial charge >= 0.3 is 0 Å². The Bertz CT molecular complexity index is 1310. The van der Waals surface area contributed by atoms with Gasteiger partial charge in [0, 0.05) is 58.7 Å². The Morgan fingerprint density at radius 2 is 1.93 bits per heavy atom. The number of carbonyl (C=O) groups is 2. The number of nitrogens with zero attached hydrogens (tertiary/aromatic N) is 3. The molecular weight excluding hydrogens is 364 g/mol. The number of aromatic nitrogens is 3. The van der Waals surface area contributed by atoms with E-state index in [0.29, 0.717) is 21.9 Å². The lowest BCUT2D eigenvalue weighted by molar-refractivity contribution is -0.122. The van der Waals surface area contributed by atoms with Crippen molar-refractivity contribution in [2.75, 3.05) is 0 Å². The van der Waals surface area contributed by atoms with Crippen molar-refractivity contribution in [2.24, 2.45) is 7.05 Å². The summed E-state index contributed by atoms with van der Waals surface area (Å²) in [7, 11) is 1.89. The maximum absolute atomic E-state index is 12.7. The van der Waals surface area contributed by atoms with Gasteiger partial charge in [0.1, 0.15) is 5.70 Å². The standard InChI is InChI=1S/C20H13ClN4O2/c1-24-10-14(13-8-12(21)2-3-16(13)24)17-18(20(27)23-19(17)26)25-7-5-11-9-22-6-4-15(11)25/h2-10H,1H3,(H,23,26,27). The molecule has 27 heavy (non-hydrogen) atoms. The molecule has 1 N–H and O–H groups in total. The summed E-state index contributed by atoms with van der Waals surface area (Å²) in [5.74, 6) is -0.846. The minimum Gasteiger partial charge on any atom is -0.350 e. The van der Waals surface area contributed by atoms with Crippen LogP contribution in [0.2, 0.25) is 5.02 Å². The quantitative estimate of drug-likeness (QED) is 0.546. The lowest BCUT2D eigenvalue weighted by atomic mass is 10.0. The second-order valence-corrected chi connectivity index (χ2v) is 6.88. The number of amides is 2. The minimum absolute atomic E-state index is 0.300. The lowest BCUT2D eigenvalue weighted by Gasteiger charge is -2.07. The molecule has 1 aliphatic heterocycles. The van der Waals surface area contributed by atoms with E-state index in [1.165, 1.54) is 0 Å². The Balaban J connectivity index is 1.87. The normalized spacial score (nSPS) is 14.6. The molecule has 1 aromatic carbocycles. The van der Waals surface area contributed by atoms with Gasteiger partial charge in [-0.05, 0) is 30.3 Å². The molecule has 0 radical (unpaired) electrons. The minimum atomic E-state index is -0.427. The second kappa shape index (κ2) is 5.56. The van der Waals surface area contributed by atoms with E-state index in [9.17, 15) is 9.59 Å². The Hall–Kier alpha value is -3.38. The molecule has 6 nitrogen and oxygen atoms in total. The number of imide groups is 1. The highest BCUT2D eigenvalue weighted by molar-refractivity contribution is 6.48. The maximum Gasteiger partial charge on any atom is 0.275 e. The van der Waals surface area contributed by atoms with Crippen LogP contribution in [0.15, 0.2) is 55.1 Å². The SMILES string of the molecule is Cn1cc(C2=C(n3ccc4cnccc43)C(=O)NC2=O)c2cc(Cl)ccc21. The van der Waals surface area contributed by atoms with Gasteiger partial charge in [0.2, 0.25) is 0 Å². The molecule has 1 aliphatic rings.